The Labute approximate surface area is 473 Å². The molecule has 0 saturated carbocycles. The average molecular weight is 1090 g/mol. The van der Waals surface area contributed by atoms with Crippen LogP contribution in [0.2, 0.25) is 0 Å². The smallest absolute Gasteiger partial charge is 0.462 e. The highest BCUT2D eigenvalue weighted by molar-refractivity contribution is 7.47. The number of phosphoric acid groups is 1. The van der Waals surface area contributed by atoms with Crippen LogP contribution in [0, 0.1) is 0 Å². The zero-order valence-electron chi connectivity index (χ0n) is 49.4. The first-order chi connectivity index (χ1) is 37.8. The van der Waals surface area contributed by atoms with Crippen LogP contribution in [0.1, 0.15) is 271 Å². The summed E-state index contributed by atoms with van der Waals surface area (Å²) in [6, 6.07) is 0. The Morgan fingerprint density at radius 3 is 1.06 bits per heavy atom. The Kier molecular flexibility index (Phi) is 59.2. The Morgan fingerprint density at radius 1 is 0.403 bits per heavy atom. The predicted octanol–water partition coefficient (Wildman–Crippen LogP) is 20.2. The second-order valence-corrected chi connectivity index (χ2v) is 22.0. The molecule has 2 unspecified atom stereocenters. The highest BCUT2D eigenvalue weighted by Crippen LogP contribution is 2.43. The average Bonchev–Trinajstić information content (AvgIpc) is 3.42. The van der Waals surface area contributed by atoms with Crippen LogP contribution in [-0.4, -0.2) is 49.3 Å². The van der Waals surface area contributed by atoms with Crippen molar-refractivity contribution in [1.82, 2.24) is 0 Å². The van der Waals surface area contributed by atoms with E-state index in [2.05, 4.69) is 123 Å². The van der Waals surface area contributed by atoms with Gasteiger partial charge in [0.05, 0.1) is 13.2 Å². The van der Waals surface area contributed by atoms with Crippen molar-refractivity contribution in [2.75, 3.05) is 26.4 Å². The number of esters is 2. The minimum atomic E-state index is -4.40. The predicted molar refractivity (Wildman–Crippen MR) is 330 cm³/mol. The molecule has 0 rings (SSSR count). The number of hydrogen-bond donors (Lipinski definition) is 2. The third-order valence-electron chi connectivity index (χ3n) is 13.1. The van der Waals surface area contributed by atoms with Gasteiger partial charge in [-0.1, -0.05) is 264 Å². The summed E-state index contributed by atoms with van der Waals surface area (Å²) in [5.74, 6) is -0.835. The quantitative estimate of drug-likeness (QED) is 0.0264. The summed E-state index contributed by atoms with van der Waals surface area (Å²) in [6.07, 6.45) is 84.3. The number of rotatable bonds is 58. The van der Waals surface area contributed by atoms with Crippen molar-refractivity contribution in [2.45, 2.75) is 277 Å². The number of phosphoric ester groups is 1. The van der Waals surface area contributed by atoms with Crippen molar-refractivity contribution in [1.29, 1.82) is 0 Å². The molecule has 0 spiro atoms. The molecule has 2 atom stereocenters. The van der Waals surface area contributed by atoms with E-state index in [1.807, 2.05) is 0 Å². The molecular weight excluding hydrogens is 978 g/mol. The van der Waals surface area contributed by atoms with Gasteiger partial charge in [0.15, 0.2) is 6.10 Å². The molecular formula is C67H116NO8P. The first-order valence-corrected chi connectivity index (χ1v) is 32.9. The molecule has 3 N–H and O–H groups in total. The molecule has 0 saturated heterocycles. The lowest BCUT2D eigenvalue weighted by Gasteiger charge is -2.19. The van der Waals surface area contributed by atoms with E-state index in [1.165, 1.54) is 141 Å². The number of nitrogens with two attached hydrogens (primary N) is 1. The monoisotopic (exact) mass is 1090 g/mol. The maximum Gasteiger partial charge on any atom is 0.472 e. The Balaban J connectivity index is 3.99. The molecule has 77 heavy (non-hydrogen) atoms. The topological polar surface area (TPSA) is 134 Å². The normalized spacial score (nSPS) is 13.8. The minimum absolute atomic E-state index is 0.0477. The van der Waals surface area contributed by atoms with Crippen molar-refractivity contribution < 1.29 is 37.6 Å². The summed E-state index contributed by atoms with van der Waals surface area (Å²) in [6.45, 7) is 3.63. The molecule has 0 aliphatic heterocycles. The zero-order chi connectivity index (χ0) is 55.9. The van der Waals surface area contributed by atoms with Gasteiger partial charge in [0.2, 0.25) is 0 Å². The van der Waals surface area contributed by atoms with Gasteiger partial charge < -0.3 is 20.1 Å². The van der Waals surface area contributed by atoms with Crippen LogP contribution in [-0.2, 0) is 32.7 Å². The van der Waals surface area contributed by atoms with Crippen LogP contribution < -0.4 is 5.73 Å². The largest absolute Gasteiger partial charge is 0.472 e. The third kappa shape index (κ3) is 61.7. The lowest BCUT2D eigenvalue weighted by Crippen LogP contribution is -2.29. The van der Waals surface area contributed by atoms with Crippen molar-refractivity contribution in [3.63, 3.8) is 0 Å². The van der Waals surface area contributed by atoms with Gasteiger partial charge in [0.1, 0.15) is 6.61 Å². The summed E-state index contributed by atoms with van der Waals surface area (Å²) >= 11 is 0. The molecule has 0 bridgehead atoms. The van der Waals surface area contributed by atoms with Crippen LogP contribution in [0.15, 0.2) is 109 Å². The molecule has 9 nitrogen and oxygen atoms in total. The molecule has 10 heteroatoms. The second kappa shape index (κ2) is 61.9. The van der Waals surface area contributed by atoms with Gasteiger partial charge in [-0.3, -0.25) is 18.6 Å². The molecule has 0 aliphatic rings. The number of hydrogen-bond acceptors (Lipinski definition) is 8. The van der Waals surface area contributed by atoms with E-state index in [1.54, 1.807) is 0 Å². The first kappa shape index (κ1) is 73.7. The molecule has 0 aromatic rings. The molecule has 0 amide bonds. The molecule has 0 radical (unpaired) electrons. The number of ether oxygens (including phenoxy) is 2. The number of allylic oxidation sites excluding steroid dienone is 18. The van der Waals surface area contributed by atoms with E-state index in [0.29, 0.717) is 6.42 Å². The molecule has 0 fully saturated rings. The highest BCUT2D eigenvalue weighted by Gasteiger charge is 2.26. The van der Waals surface area contributed by atoms with E-state index in [4.69, 9.17) is 24.3 Å². The van der Waals surface area contributed by atoms with Gasteiger partial charge in [-0.15, -0.1) is 0 Å². The van der Waals surface area contributed by atoms with E-state index in [0.717, 1.165) is 96.3 Å². The lowest BCUT2D eigenvalue weighted by molar-refractivity contribution is -0.161. The van der Waals surface area contributed by atoms with Crippen molar-refractivity contribution in [2.24, 2.45) is 5.73 Å². The summed E-state index contributed by atoms with van der Waals surface area (Å²) < 4.78 is 33.1. The second-order valence-electron chi connectivity index (χ2n) is 20.5. The van der Waals surface area contributed by atoms with E-state index < -0.39 is 26.5 Å². The van der Waals surface area contributed by atoms with Crippen LogP contribution in [0.5, 0.6) is 0 Å². The standard InChI is InChI=1S/C67H116NO8P/c1-3-5-7-9-11-13-15-17-19-21-23-25-27-29-30-31-32-33-34-36-38-40-42-44-46-48-50-52-54-56-58-60-67(70)76-65(64-75-77(71,72)74-62-61-68)63-73-66(69)59-57-55-53-51-49-47-45-43-41-39-37-35-28-26-24-22-20-18-16-14-12-10-8-6-4-2/h5,7,11,13,16-19,22-25,29-30,32-33,36,38,65H,3-4,6,8-10,12,14-15,20-21,26-28,31,34-35,37,39-64,68H2,1-2H3,(H,71,72)/b7-5-,13-11-,18-16-,19-17-,24-22-,25-23-,30-29-,33-32-,38-36-. The zero-order valence-corrected chi connectivity index (χ0v) is 50.3. The molecule has 0 aromatic heterocycles. The number of unbranched alkanes of at least 4 members (excludes halogenated alkanes) is 27. The third-order valence-corrected chi connectivity index (χ3v) is 14.1. The van der Waals surface area contributed by atoms with Crippen LogP contribution >= 0.6 is 7.82 Å². The highest BCUT2D eigenvalue weighted by atomic mass is 31.2. The lowest BCUT2D eigenvalue weighted by atomic mass is 10.0. The maximum atomic E-state index is 12.7. The minimum Gasteiger partial charge on any atom is -0.462 e. The first-order valence-electron chi connectivity index (χ1n) is 31.4. The van der Waals surface area contributed by atoms with E-state index in [-0.39, 0.29) is 38.6 Å². The fraction of sp³-hybridized carbons (Fsp3) is 0.701. The summed E-state index contributed by atoms with van der Waals surface area (Å²) in [7, 11) is -4.40. The maximum absolute atomic E-state index is 12.7. The van der Waals surface area contributed by atoms with Gasteiger partial charge >= 0.3 is 19.8 Å². The summed E-state index contributed by atoms with van der Waals surface area (Å²) in [4.78, 5) is 35.3. The van der Waals surface area contributed by atoms with Crippen LogP contribution in [0.3, 0.4) is 0 Å². The van der Waals surface area contributed by atoms with Gasteiger partial charge in [0.25, 0.3) is 0 Å². The summed E-state index contributed by atoms with van der Waals surface area (Å²) in [5, 5.41) is 0. The van der Waals surface area contributed by atoms with Gasteiger partial charge in [0, 0.05) is 19.4 Å². The Hall–Kier alpha value is -3.33. The SMILES string of the molecule is CC/C=C\C/C=C\C/C=C\C/C=C\C/C=C\C/C=C\C/C=C\CCCCCCCCCCCC(=O)OC(COC(=O)CCCCCCCCCCCCCCC/C=C\C/C=C\CCCCCCC)COP(=O)(O)OCCN. The van der Waals surface area contributed by atoms with Gasteiger partial charge in [-0.05, 0) is 103 Å². The summed E-state index contributed by atoms with van der Waals surface area (Å²) in [5.41, 5.74) is 5.39. The number of carbonyl (C=O) groups excluding carboxylic acids is 2. The fourth-order valence-corrected chi connectivity index (χ4v) is 9.30. The molecule has 0 heterocycles. The number of carbonyl (C=O) groups is 2. The molecule has 442 valence electrons. The molecule has 0 aliphatic carbocycles. The Morgan fingerprint density at radius 2 is 0.714 bits per heavy atom. The Bertz CT molecular complexity index is 1630. The van der Waals surface area contributed by atoms with Crippen molar-refractivity contribution in [3.05, 3.63) is 109 Å². The fourth-order valence-electron chi connectivity index (χ4n) is 8.53. The van der Waals surface area contributed by atoms with Crippen molar-refractivity contribution >= 4 is 19.8 Å². The van der Waals surface area contributed by atoms with E-state index >= 15 is 0 Å². The van der Waals surface area contributed by atoms with Gasteiger partial charge in [-0.2, -0.15) is 0 Å². The van der Waals surface area contributed by atoms with Crippen LogP contribution in [0.4, 0.5) is 0 Å². The van der Waals surface area contributed by atoms with Crippen LogP contribution in [0.25, 0.3) is 0 Å². The van der Waals surface area contributed by atoms with Gasteiger partial charge in [-0.25, -0.2) is 4.57 Å². The van der Waals surface area contributed by atoms with E-state index in [9.17, 15) is 19.0 Å². The molecule has 0 aromatic carbocycles. The van der Waals surface area contributed by atoms with Crippen molar-refractivity contribution in [3.8, 4) is 0 Å².